The molecule has 4 heteroatoms. The lowest BCUT2D eigenvalue weighted by Crippen LogP contribution is -2.21. The van der Waals surface area contributed by atoms with Crippen molar-refractivity contribution >= 4 is 16.8 Å². The van der Waals surface area contributed by atoms with E-state index in [0.717, 1.165) is 33.6 Å². The molecule has 0 radical (unpaired) electrons. The number of benzene rings is 2. The minimum absolute atomic E-state index is 0.804. The number of hydrogen-bond donors (Lipinski definition) is 0. The monoisotopic (exact) mass is 268 g/mol. The maximum absolute atomic E-state index is 6.10. The van der Waals surface area contributed by atoms with Gasteiger partial charge in [-0.1, -0.05) is 6.07 Å². The van der Waals surface area contributed by atoms with E-state index in [-0.39, 0.29) is 0 Å². The van der Waals surface area contributed by atoms with Gasteiger partial charge in [0.1, 0.15) is 25.3 Å². The zero-order valence-electron chi connectivity index (χ0n) is 12.2. The lowest BCUT2D eigenvalue weighted by molar-refractivity contribution is 0.610. The predicted molar refractivity (Wildman–Crippen MR) is 82.1 cm³/mol. The third kappa shape index (κ3) is 2.03. The van der Waals surface area contributed by atoms with E-state index in [9.17, 15) is 0 Å². The molecule has 0 aromatic heterocycles. The van der Waals surface area contributed by atoms with Crippen molar-refractivity contribution in [2.75, 3.05) is 33.1 Å². The van der Waals surface area contributed by atoms with E-state index in [4.69, 9.17) is 4.42 Å². The Balaban J connectivity index is 2.40. The van der Waals surface area contributed by atoms with Gasteiger partial charge in [-0.2, -0.15) is 0 Å². The number of nitrogens with zero attached hydrogens (tertiary/aromatic N) is 3. The SMILES string of the molecule is CN(C)c1cccc2nc3ccc(=[N+](C)C)cc-3oc12. The van der Waals surface area contributed by atoms with E-state index in [1.807, 2.05) is 69.5 Å². The summed E-state index contributed by atoms with van der Waals surface area (Å²) in [4.78, 5) is 6.72. The molecule has 0 bridgehead atoms. The van der Waals surface area contributed by atoms with E-state index in [1.54, 1.807) is 0 Å². The molecule has 20 heavy (non-hydrogen) atoms. The Morgan fingerprint density at radius 3 is 2.60 bits per heavy atom. The van der Waals surface area contributed by atoms with Gasteiger partial charge in [0.25, 0.3) is 0 Å². The van der Waals surface area contributed by atoms with Crippen LogP contribution in [0.2, 0.25) is 0 Å². The van der Waals surface area contributed by atoms with Gasteiger partial charge in [0.05, 0.1) is 11.8 Å². The van der Waals surface area contributed by atoms with Crippen LogP contribution in [-0.2, 0) is 0 Å². The predicted octanol–water partition coefficient (Wildman–Crippen LogP) is 2.03. The van der Waals surface area contributed by atoms with Crippen molar-refractivity contribution in [1.29, 1.82) is 0 Å². The lowest BCUT2D eigenvalue weighted by Gasteiger charge is -2.15. The molecule has 102 valence electrons. The van der Waals surface area contributed by atoms with Crippen molar-refractivity contribution in [3.8, 4) is 11.5 Å². The number of hydrogen-bond acceptors (Lipinski definition) is 3. The van der Waals surface area contributed by atoms with E-state index < -0.39 is 0 Å². The quantitative estimate of drug-likeness (QED) is 0.500. The average molecular weight is 268 g/mol. The second kappa shape index (κ2) is 4.63. The molecule has 1 aromatic carbocycles. The van der Waals surface area contributed by atoms with Crippen LogP contribution in [0.25, 0.3) is 22.6 Å². The molecule has 0 saturated carbocycles. The third-order valence-corrected chi connectivity index (χ3v) is 3.37. The summed E-state index contributed by atoms with van der Waals surface area (Å²) in [5.41, 5.74) is 3.60. The highest BCUT2D eigenvalue weighted by atomic mass is 16.3. The van der Waals surface area contributed by atoms with Crippen molar-refractivity contribution in [2.45, 2.75) is 0 Å². The Hall–Kier alpha value is -2.36. The first-order valence-electron chi connectivity index (χ1n) is 6.57. The first-order valence-corrected chi connectivity index (χ1v) is 6.57. The first-order chi connectivity index (χ1) is 9.56. The van der Waals surface area contributed by atoms with Crippen molar-refractivity contribution < 1.29 is 4.42 Å². The third-order valence-electron chi connectivity index (χ3n) is 3.37. The van der Waals surface area contributed by atoms with Crippen molar-refractivity contribution in [1.82, 2.24) is 9.56 Å². The second-order valence-corrected chi connectivity index (χ2v) is 5.28. The molecule has 1 aliphatic carbocycles. The van der Waals surface area contributed by atoms with E-state index in [1.165, 1.54) is 0 Å². The summed E-state index contributed by atoms with van der Waals surface area (Å²) in [6.07, 6.45) is 0. The minimum Gasteiger partial charge on any atom is -0.450 e. The number of fused-ring (bicyclic) bond motifs is 2. The minimum atomic E-state index is 0.804. The topological polar surface area (TPSA) is 32.3 Å². The highest BCUT2D eigenvalue weighted by Gasteiger charge is 2.13. The van der Waals surface area contributed by atoms with Gasteiger partial charge in [0, 0.05) is 20.2 Å². The smallest absolute Gasteiger partial charge is 0.203 e. The van der Waals surface area contributed by atoms with Gasteiger partial charge in [-0.25, -0.2) is 9.56 Å². The second-order valence-electron chi connectivity index (χ2n) is 5.28. The van der Waals surface area contributed by atoms with Gasteiger partial charge in [0.2, 0.25) is 5.36 Å². The van der Waals surface area contributed by atoms with Crippen LogP contribution in [0.5, 0.6) is 0 Å². The molecule has 3 rings (SSSR count). The fraction of sp³-hybridized carbons (Fsp3) is 0.250. The van der Waals surface area contributed by atoms with Crippen LogP contribution in [0.1, 0.15) is 0 Å². The van der Waals surface area contributed by atoms with Crippen LogP contribution in [0.3, 0.4) is 0 Å². The summed E-state index contributed by atoms with van der Waals surface area (Å²) in [6, 6.07) is 12.1. The summed E-state index contributed by atoms with van der Waals surface area (Å²) >= 11 is 0. The van der Waals surface area contributed by atoms with Crippen LogP contribution in [0.15, 0.2) is 40.8 Å². The number of para-hydroxylation sites is 1. The average Bonchev–Trinajstić information content (AvgIpc) is 2.43. The summed E-state index contributed by atoms with van der Waals surface area (Å²) < 4.78 is 8.15. The zero-order chi connectivity index (χ0) is 14.3. The highest BCUT2D eigenvalue weighted by molar-refractivity contribution is 5.88. The fourth-order valence-corrected chi connectivity index (χ4v) is 2.25. The maximum atomic E-state index is 6.10. The zero-order valence-corrected chi connectivity index (χ0v) is 12.2. The van der Waals surface area contributed by atoms with Crippen LogP contribution in [0, 0.1) is 0 Å². The molecule has 1 heterocycles. The molecule has 0 spiro atoms. The van der Waals surface area contributed by atoms with E-state index in [0.29, 0.717) is 0 Å². The summed E-state index contributed by atoms with van der Waals surface area (Å²) in [5.74, 6) is 0.804. The number of anilines is 1. The van der Waals surface area contributed by atoms with E-state index >= 15 is 0 Å². The Labute approximate surface area is 117 Å². The Morgan fingerprint density at radius 2 is 1.90 bits per heavy atom. The van der Waals surface area contributed by atoms with Gasteiger partial charge in [-0.3, -0.25) is 0 Å². The summed E-state index contributed by atoms with van der Waals surface area (Å²) in [5, 5.41) is 1.10. The number of rotatable bonds is 1. The molecule has 0 N–H and O–H groups in total. The van der Waals surface area contributed by atoms with E-state index in [2.05, 4.69) is 9.56 Å². The van der Waals surface area contributed by atoms with Gasteiger partial charge >= 0.3 is 0 Å². The Bertz CT molecular complexity index is 813. The maximum Gasteiger partial charge on any atom is 0.203 e. The molecular weight excluding hydrogens is 250 g/mol. The van der Waals surface area contributed by atoms with Gasteiger partial charge < -0.3 is 9.32 Å². The summed E-state index contributed by atoms with van der Waals surface area (Å²) in [6.45, 7) is 0. The summed E-state index contributed by atoms with van der Waals surface area (Å²) in [7, 11) is 8.04. The molecule has 4 nitrogen and oxygen atoms in total. The van der Waals surface area contributed by atoms with Gasteiger partial charge in [-0.05, 0) is 18.2 Å². The van der Waals surface area contributed by atoms with Crippen LogP contribution >= 0.6 is 0 Å². The molecule has 0 saturated heterocycles. The van der Waals surface area contributed by atoms with Crippen LogP contribution in [0.4, 0.5) is 5.69 Å². The fourth-order valence-electron chi connectivity index (χ4n) is 2.25. The standard InChI is InChI=1S/C16H18N3O/c1-18(2)11-8-9-12-15(10-11)20-16-13(17-12)6-5-7-14(16)19(3)4/h5-10H,1-4H3/q+1. The first kappa shape index (κ1) is 12.7. The van der Waals surface area contributed by atoms with Crippen LogP contribution < -0.4 is 14.8 Å². The normalized spacial score (nSPS) is 11.0. The molecule has 0 unspecified atom stereocenters. The van der Waals surface area contributed by atoms with Gasteiger partial charge in [-0.15, -0.1) is 0 Å². The molecule has 0 atom stereocenters. The largest absolute Gasteiger partial charge is 0.450 e. The molecule has 1 aromatic rings. The lowest BCUT2D eigenvalue weighted by atomic mass is 10.2. The molecule has 1 aliphatic heterocycles. The van der Waals surface area contributed by atoms with Crippen LogP contribution in [-0.4, -0.2) is 33.2 Å². The molecular formula is C16H18N3O+. The Kier molecular flexibility index (Phi) is 2.93. The van der Waals surface area contributed by atoms with Crippen molar-refractivity contribution in [3.63, 3.8) is 0 Å². The van der Waals surface area contributed by atoms with Crippen molar-refractivity contribution in [2.24, 2.45) is 0 Å². The molecule has 2 aliphatic rings. The highest BCUT2D eigenvalue weighted by Crippen LogP contribution is 2.29. The van der Waals surface area contributed by atoms with Crippen molar-refractivity contribution in [3.05, 3.63) is 41.8 Å². The number of aromatic nitrogens is 1. The van der Waals surface area contributed by atoms with Gasteiger partial charge in [0.15, 0.2) is 11.3 Å². The Morgan fingerprint density at radius 1 is 1.10 bits per heavy atom. The molecule has 0 amide bonds. The molecule has 0 fully saturated rings.